The molecule has 1 aromatic carbocycles. The van der Waals surface area contributed by atoms with Crippen LogP contribution in [0.4, 0.5) is 13.2 Å². The van der Waals surface area contributed by atoms with Crippen LogP contribution in [0.3, 0.4) is 0 Å². The summed E-state index contributed by atoms with van der Waals surface area (Å²) < 4.78 is 38.4. The standard InChI is InChI=1S/C13H17F3N2S2/c1-8-12(20-6-5-19-8)11(18-17)9-3-2-4-10(7-9)13(14,15)16/h2-4,7-8,11-12,18H,5-6,17H2,1H3. The number of nitrogens with one attached hydrogen (secondary N) is 1. The molecule has 1 aliphatic rings. The minimum Gasteiger partial charge on any atom is -0.271 e. The lowest BCUT2D eigenvalue weighted by Crippen LogP contribution is -2.41. The van der Waals surface area contributed by atoms with Crippen molar-refractivity contribution in [2.75, 3.05) is 11.5 Å². The van der Waals surface area contributed by atoms with Gasteiger partial charge in [-0.25, -0.2) is 0 Å². The summed E-state index contributed by atoms with van der Waals surface area (Å²) in [5.74, 6) is 7.67. The number of hydrogen-bond acceptors (Lipinski definition) is 4. The average Bonchev–Trinajstić information content (AvgIpc) is 2.41. The van der Waals surface area contributed by atoms with E-state index in [1.165, 1.54) is 12.1 Å². The third-order valence-corrected chi connectivity index (χ3v) is 6.51. The van der Waals surface area contributed by atoms with Crippen LogP contribution in [-0.2, 0) is 6.18 Å². The molecule has 112 valence electrons. The van der Waals surface area contributed by atoms with Crippen LogP contribution in [0.1, 0.15) is 24.1 Å². The molecule has 20 heavy (non-hydrogen) atoms. The second kappa shape index (κ2) is 6.60. The van der Waals surface area contributed by atoms with Gasteiger partial charge in [0.1, 0.15) is 0 Å². The molecular weight excluding hydrogens is 305 g/mol. The molecule has 0 aromatic heterocycles. The molecule has 1 aliphatic heterocycles. The number of rotatable bonds is 3. The smallest absolute Gasteiger partial charge is 0.271 e. The Labute approximate surface area is 125 Å². The van der Waals surface area contributed by atoms with Crippen LogP contribution in [0.25, 0.3) is 0 Å². The van der Waals surface area contributed by atoms with Gasteiger partial charge >= 0.3 is 6.18 Å². The normalized spacial score (nSPS) is 25.4. The van der Waals surface area contributed by atoms with Gasteiger partial charge in [0.05, 0.1) is 11.6 Å². The van der Waals surface area contributed by atoms with Gasteiger partial charge in [-0.05, 0) is 17.7 Å². The minimum absolute atomic E-state index is 0.169. The predicted octanol–water partition coefficient (Wildman–Crippen LogP) is 3.45. The van der Waals surface area contributed by atoms with Gasteiger partial charge in [0, 0.05) is 22.0 Å². The second-order valence-electron chi connectivity index (χ2n) is 4.68. The van der Waals surface area contributed by atoms with Crippen LogP contribution >= 0.6 is 23.5 Å². The molecule has 0 aliphatic carbocycles. The van der Waals surface area contributed by atoms with Crippen molar-refractivity contribution < 1.29 is 13.2 Å². The summed E-state index contributed by atoms with van der Waals surface area (Å²) in [5, 5.41) is 0.520. The molecule has 2 nitrogen and oxygen atoms in total. The lowest BCUT2D eigenvalue weighted by atomic mass is 10.00. The van der Waals surface area contributed by atoms with Crippen LogP contribution in [0.5, 0.6) is 0 Å². The van der Waals surface area contributed by atoms with Crippen molar-refractivity contribution in [3.05, 3.63) is 35.4 Å². The third-order valence-electron chi connectivity index (χ3n) is 3.32. The van der Waals surface area contributed by atoms with E-state index in [1.54, 1.807) is 17.8 Å². The van der Waals surface area contributed by atoms with Crippen LogP contribution in [-0.4, -0.2) is 22.0 Å². The van der Waals surface area contributed by atoms with E-state index in [2.05, 4.69) is 12.3 Å². The molecule has 7 heteroatoms. The van der Waals surface area contributed by atoms with Gasteiger partial charge in [-0.15, -0.1) is 0 Å². The molecule has 1 aromatic rings. The zero-order valence-corrected chi connectivity index (χ0v) is 12.6. The molecule has 1 heterocycles. The zero-order valence-electron chi connectivity index (χ0n) is 11.0. The number of hydrogen-bond donors (Lipinski definition) is 2. The first kappa shape index (κ1) is 16.0. The average molecular weight is 322 g/mol. The van der Waals surface area contributed by atoms with Gasteiger partial charge in [-0.3, -0.25) is 11.3 Å². The molecule has 3 atom stereocenters. The maximum atomic E-state index is 12.8. The number of alkyl halides is 3. The molecular formula is C13H17F3N2S2. The van der Waals surface area contributed by atoms with E-state index in [-0.39, 0.29) is 11.3 Å². The van der Waals surface area contributed by atoms with E-state index in [0.29, 0.717) is 10.8 Å². The van der Waals surface area contributed by atoms with Gasteiger partial charge in [-0.2, -0.15) is 36.7 Å². The lowest BCUT2D eigenvalue weighted by molar-refractivity contribution is -0.137. The Bertz CT molecular complexity index is 453. The highest BCUT2D eigenvalue weighted by molar-refractivity contribution is 8.07. The largest absolute Gasteiger partial charge is 0.416 e. The fourth-order valence-corrected chi connectivity index (χ4v) is 5.24. The number of hydrazine groups is 1. The fraction of sp³-hybridized carbons (Fsp3) is 0.538. The fourth-order valence-electron chi connectivity index (χ4n) is 2.30. The molecule has 1 saturated heterocycles. The van der Waals surface area contributed by atoms with Crippen LogP contribution < -0.4 is 11.3 Å². The third kappa shape index (κ3) is 3.63. The molecule has 0 amide bonds. The summed E-state index contributed by atoms with van der Waals surface area (Å²) in [6.07, 6.45) is -4.32. The summed E-state index contributed by atoms with van der Waals surface area (Å²) >= 11 is 3.60. The quantitative estimate of drug-likeness (QED) is 0.660. The van der Waals surface area contributed by atoms with Gasteiger partial charge in [-0.1, -0.05) is 19.1 Å². The Morgan fingerprint density at radius 1 is 1.30 bits per heavy atom. The summed E-state index contributed by atoms with van der Waals surface area (Å²) in [5.41, 5.74) is 2.66. The zero-order chi connectivity index (χ0) is 14.8. The van der Waals surface area contributed by atoms with Crippen molar-refractivity contribution in [2.45, 2.75) is 29.6 Å². The molecule has 0 saturated carbocycles. The summed E-state index contributed by atoms with van der Waals surface area (Å²) in [7, 11) is 0. The number of benzene rings is 1. The highest BCUT2D eigenvalue weighted by atomic mass is 32.2. The van der Waals surface area contributed by atoms with Gasteiger partial charge in [0.2, 0.25) is 0 Å². The monoisotopic (exact) mass is 322 g/mol. The Hall–Kier alpha value is -0.370. The van der Waals surface area contributed by atoms with Crippen molar-refractivity contribution in [3.63, 3.8) is 0 Å². The number of thioether (sulfide) groups is 2. The maximum absolute atomic E-state index is 12.8. The van der Waals surface area contributed by atoms with Crippen LogP contribution in [0.2, 0.25) is 0 Å². The molecule has 0 spiro atoms. The highest BCUT2D eigenvalue weighted by Crippen LogP contribution is 2.39. The van der Waals surface area contributed by atoms with Crippen LogP contribution in [0.15, 0.2) is 24.3 Å². The summed E-state index contributed by atoms with van der Waals surface area (Å²) in [6.45, 7) is 2.10. The van der Waals surface area contributed by atoms with Gasteiger partial charge < -0.3 is 0 Å². The van der Waals surface area contributed by atoms with Crippen molar-refractivity contribution in [1.29, 1.82) is 0 Å². The number of nitrogens with two attached hydrogens (primary N) is 1. The van der Waals surface area contributed by atoms with Crippen molar-refractivity contribution >= 4 is 23.5 Å². The first-order valence-electron chi connectivity index (χ1n) is 6.30. The molecule has 0 radical (unpaired) electrons. The topological polar surface area (TPSA) is 38.0 Å². The second-order valence-corrected chi connectivity index (χ2v) is 7.45. The number of halogens is 3. The van der Waals surface area contributed by atoms with Gasteiger partial charge in [0.15, 0.2) is 0 Å². The maximum Gasteiger partial charge on any atom is 0.416 e. The van der Waals surface area contributed by atoms with Crippen molar-refractivity contribution in [1.82, 2.24) is 5.43 Å². The lowest BCUT2D eigenvalue weighted by Gasteiger charge is -2.34. The molecule has 3 N–H and O–H groups in total. The highest BCUT2D eigenvalue weighted by Gasteiger charge is 2.34. The Morgan fingerprint density at radius 3 is 2.60 bits per heavy atom. The summed E-state index contributed by atoms with van der Waals surface area (Å²) in [4.78, 5) is 0. The minimum atomic E-state index is -4.32. The van der Waals surface area contributed by atoms with E-state index in [4.69, 9.17) is 5.84 Å². The Kier molecular flexibility index (Phi) is 5.28. The van der Waals surface area contributed by atoms with Gasteiger partial charge in [0.25, 0.3) is 0 Å². The first-order valence-corrected chi connectivity index (χ1v) is 8.39. The molecule has 1 fully saturated rings. The molecule has 2 rings (SSSR count). The van der Waals surface area contributed by atoms with E-state index in [9.17, 15) is 13.2 Å². The van der Waals surface area contributed by atoms with E-state index >= 15 is 0 Å². The summed E-state index contributed by atoms with van der Waals surface area (Å²) in [6, 6.07) is 5.14. The molecule has 3 unspecified atom stereocenters. The van der Waals surface area contributed by atoms with Crippen molar-refractivity contribution in [3.8, 4) is 0 Å². The van der Waals surface area contributed by atoms with Crippen LogP contribution in [0, 0.1) is 0 Å². The Morgan fingerprint density at radius 2 is 2.00 bits per heavy atom. The molecule has 0 bridgehead atoms. The SMILES string of the molecule is CC1SCCSC1C(NN)c1cccc(C(F)(F)F)c1. The predicted molar refractivity (Wildman–Crippen MR) is 79.7 cm³/mol. The van der Waals surface area contributed by atoms with E-state index in [0.717, 1.165) is 17.6 Å². The first-order chi connectivity index (χ1) is 9.43. The van der Waals surface area contributed by atoms with E-state index < -0.39 is 11.7 Å². The Balaban J connectivity index is 2.27. The van der Waals surface area contributed by atoms with Crippen molar-refractivity contribution in [2.24, 2.45) is 5.84 Å². The van der Waals surface area contributed by atoms with E-state index in [1.807, 2.05) is 11.8 Å².